The number of rotatable bonds is 6. The lowest BCUT2D eigenvalue weighted by atomic mass is 9.87. The second-order valence-electron chi connectivity index (χ2n) is 8.94. The van der Waals surface area contributed by atoms with Crippen LogP contribution in [0.1, 0.15) is 37.5 Å². The lowest BCUT2D eigenvalue weighted by Gasteiger charge is -2.19. The summed E-state index contributed by atoms with van der Waals surface area (Å²) < 4.78 is 7.48. The van der Waals surface area contributed by atoms with Crippen LogP contribution in [0.25, 0.3) is 17.1 Å². The van der Waals surface area contributed by atoms with E-state index in [1.54, 1.807) is 18.9 Å². The Bertz CT molecular complexity index is 1190. The topological polar surface area (TPSA) is 39.9 Å². The van der Waals surface area contributed by atoms with Crippen LogP contribution >= 0.6 is 11.8 Å². The van der Waals surface area contributed by atoms with Crippen LogP contribution in [-0.2, 0) is 11.2 Å². The van der Waals surface area contributed by atoms with Gasteiger partial charge in [0.25, 0.3) is 0 Å². The number of hydrogen-bond donors (Lipinski definition) is 0. The normalized spacial score (nSPS) is 11.5. The number of ether oxygens (including phenoxy) is 1. The summed E-state index contributed by atoms with van der Waals surface area (Å²) in [5.41, 5.74) is 6.00. The van der Waals surface area contributed by atoms with Crippen LogP contribution in [0.3, 0.4) is 0 Å². The Balaban J connectivity index is 1.72. The van der Waals surface area contributed by atoms with Gasteiger partial charge in [-0.1, -0.05) is 86.6 Å². The summed E-state index contributed by atoms with van der Waals surface area (Å²) in [6.45, 7) is 8.79. The van der Waals surface area contributed by atoms with Crippen LogP contribution in [-0.4, -0.2) is 21.9 Å². The van der Waals surface area contributed by atoms with Crippen LogP contribution in [0.2, 0.25) is 0 Å². The van der Waals surface area contributed by atoms with Crippen molar-refractivity contribution >= 4 is 11.8 Å². The number of benzene rings is 3. The molecule has 5 heteroatoms. The lowest BCUT2D eigenvalue weighted by Crippen LogP contribution is -2.10. The summed E-state index contributed by atoms with van der Waals surface area (Å²) in [5.74, 6) is 2.49. The van der Waals surface area contributed by atoms with Crippen molar-refractivity contribution in [3.8, 4) is 22.8 Å². The molecule has 4 nitrogen and oxygen atoms in total. The standard InChI is InChI=1S/C27H29N3OS/c1-19-7-6-8-20(17-19)18-32-26-29-28-25(21-9-11-22(12-10-21)27(2,3)4)30(26)23-13-15-24(31-5)16-14-23/h6-17H,18H2,1-5H3. The van der Waals surface area contributed by atoms with Gasteiger partial charge in [0.1, 0.15) is 5.75 Å². The summed E-state index contributed by atoms with van der Waals surface area (Å²) in [5, 5.41) is 10.0. The minimum absolute atomic E-state index is 0.108. The maximum Gasteiger partial charge on any atom is 0.196 e. The SMILES string of the molecule is COc1ccc(-n2c(SCc3cccc(C)c3)nnc2-c2ccc(C(C)(C)C)cc2)cc1. The van der Waals surface area contributed by atoms with E-state index in [9.17, 15) is 0 Å². The van der Waals surface area contributed by atoms with Crippen molar-refractivity contribution in [2.45, 2.75) is 44.0 Å². The second kappa shape index (κ2) is 9.21. The summed E-state index contributed by atoms with van der Waals surface area (Å²) in [6.07, 6.45) is 0. The minimum atomic E-state index is 0.108. The van der Waals surface area contributed by atoms with Gasteiger partial charge in [-0.2, -0.15) is 0 Å². The van der Waals surface area contributed by atoms with Gasteiger partial charge in [-0.05, 0) is 47.7 Å². The molecular weight excluding hydrogens is 414 g/mol. The molecular formula is C27H29N3OS. The number of aryl methyl sites for hydroxylation is 1. The van der Waals surface area contributed by atoms with E-state index in [0.29, 0.717) is 0 Å². The van der Waals surface area contributed by atoms with Crippen molar-refractivity contribution in [2.75, 3.05) is 7.11 Å². The quantitative estimate of drug-likeness (QED) is 0.306. The number of hydrogen-bond acceptors (Lipinski definition) is 4. The molecule has 0 radical (unpaired) electrons. The van der Waals surface area contributed by atoms with E-state index in [4.69, 9.17) is 4.74 Å². The first-order valence-electron chi connectivity index (χ1n) is 10.7. The monoisotopic (exact) mass is 443 g/mol. The lowest BCUT2D eigenvalue weighted by molar-refractivity contribution is 0.414. The molecule has 1 heterocycles. The average molecular weight is 444 g/mol. The smallest absolute Gasteiger partial charge is 0.196 e. The molecule has 0 amide bonds. The third kappa shape index (κ3) is 4.89. The van der Waals surface area contributed by atoms with Gasteiger partial charge < -0.3 is 4.74 Å². The van der Waals surface area contributed by atoms with Crippen LogP contribution in [0.15, 0.2) is 78.0 Å². The maximum absolute atomic E-state index is 5.35. The molecule has 0 aliphatic carbocycles. The average Bonchev–Trinajstić information content (AvgIpc) is 3.21. The number of thioether (sulfide) groups is 1. The Morgan fingerprint density at radius 2 is 1.62 bits per heavy atom. The zero-order chi connectivity index (χ0) is 22.7. The van der Waals surface area contributed by atoms with E-state index < -0.39 is 0 Å². The second-order valence-corrected chi connectivity index (χ2v) is 9.89. The molecule has 1 aromatic heterocycles. The fourth-order valence-corrected chi connectivity index (χ4v) is 4.48. The zero-order valence-corrected chi connectivity index (χ0v) is 20.1. The van der Waals surface area contributed by atoms with Gasteiger partial charge in [0.05, 0.1) is 7.11 Å². The summed E-state index contributed by atoms with van der Waals surface area (Å²) >= 11 is 1.69. The first kappa shape index (κ1) is 22.2. The maximum atomic E-state index is 5.35. The number of aromatic nitrogens is 3. The fraction of sp³-hybridized carbons (Fsp3) is 0.259. The van der Waals surface area contributed by atoms with Crippen LogP contribution in [0, 0.1) is 6.92 Å². The highest BCUT2D eigenvalue weighted by Gasteiger charge is 2.18. The number of methoxy groups -OCH3 is 1. The van der Waals surface area contributed by atoms with Gasteiger partial charge in [-0.15, -0.1) is 10.2 Å². The highest BCUT2D eigenvalue weighted by Crippen LogP contribution is 2.32. The van der Waals surface area contributed by atoms with Gasteiger partial charge in [0.15, 0.2) is 11.0 Å². The molecule has 0 fully saturated rings. The van der Waals surface area contributed by atoms with E-state index in [1.807, 2.05) is 24.3 Å². The van der Waals surface area contributed by atoms with Gasteiger partial charge in [0, 0.05) is 17.0 Å². The van der Waals surface area contributed by atoms with Crippen molar-refractivity contribution in [3.63, 3.8) is 0 Å². The zero-order valence-electron chi connectivity index (χ0n) is 19.3. The third-order valence-electron chi connectivity index (χ3n) is 5.42. The van der Waals surface area contributed by atoms with Gasteiger partial charge in [0.2, 0.25) is 0 Å². The molecule has 0 bridgehead atoms. The molecule has 0 atom stereocenters. The first-order valence-corrected chi connectivity index (χ1v) is 11.7. The minimum Gasteiger partial charge on any atom is -0.497 e. The predicted molar refractivity (Wildman–Crippen MR) is 133 cm³/mol. The Kier molecular flexibility index (Phi) is 6.38. The van der Waals surface area contributed by atoms with Gasteiger partial charge in [-0.25, -0.2) is 0 Å². The third-order valence-corrected chi connectivity index (χ3v) is 6.42. The summed E-state index contributed by atoms with van der Waals surface area (Å²) in [6, 6.07) is 25.3. The Labute approximate surface area is 194 Å². The fourth-order valence-electron chi connectivity index (χ4n) is 3.58. The van der Waals surface area contributed by atoms with E-state index in [1.165, 1.54) is 16.7 Å². The molecule has 4 rings (SSSR count). The molecule has 0 saturated carbocycles. The van der Waals surface area contributed by atoms with Gasteiger partial charge >= 0.3 is 0 Å². The largest absolute Gasteiger partial charge is 0.497 e. The summed E-state index contributed by atoms with van der Waals surface area (Å²) in [7, 11) is 1.68. The van der Waals surface area contributed by atoms with Crippen LogP contribution in [0.4, 0.5) is 0 Å². The Hall–Kier alpha value is -3.05. The summed E-state index contributed by atoms with van der Waals surface area (Å²) in [4.78, 5) is 0. The first-order chi connectivity index (χ1) is 15.3. The molecule has 3 aromatic carbocycles. The van der Waals surface area contributed by atoms with Crippen molar-refractivity contribution < 1.29 is 4.74 Å². The Morgan fingerprint density at radius 3 is 2.25 bits per heavy atom. The number of nitrogens with zero attached hydrogens (tertiary/aromatic N) is 3. The molecule has 0 saturated heterocycles. The van der Waals surface area contributed by atoms with Crippen LogP contribution < -0.4 is 4.74 Å². The molecule has 0 aliphatic rings. The van der Waals surface area contributed by atoms with E-state index in [0.717, 1.165) is 33.7 Å². The van der Waals surface area contributed by atoms with Crippen molar-refractivity contribution in [3.05, 3.63) is 89.5 Å². The van der Waals surface area contributed by atoms with E-state index >= 15 is 0 Å². The van der Waals surface area contributed by atoms with E-state index in [-0.39, 0.29) is 5.41 Å². The van der Waals surface area contributed by atoms with Crippen molar-refractivity contribution in [1.29, 1.82) is 0 Å². The molecule has 0 spiro atoms. The molecule has 164 valence electrons. The van der Waals surface area contributed by atoms with Crippen LogP contribution in [0.5, 0.6) is 5.75 Å². The highest BCUT2D eigenvalue weighted by molar-refractivity contribution is 7.98. The Morgan fingerprint density at radius 1 is 0.906 bits per heavy atom. The van der Waals surface area contributed by atoms with Crippen molar-refractivity contribution in [1.82, 2.24) is 14.8 Å². The predicted octanol–water partition coefficient (Wildman–Crippen LogP) is 6.84. The highest BCUT2D eigenvalue weighted by atomic mass is 32.2. The van der Waals surface area contributed by atoms with Gasteiger partial charge in [-0.3, -0.25) is 4.57 Å². The molecule has 0 aliphatic heterocycles. The molecule has 32 heavy (non-hydrogen) atoms. The van der Waals surface area contributed by atoms with E-state index in [2.05, 4.69) is 91.0 Å². The molecule has 0 unspecified atom stereocenters. The van der Waals surface area contributed by atoms with Crippen molar-refractivity contribution in [2.24, 2.45) is 0 Å². The molecule has 4 aromatic rings. The molecule has 0 N–H and O–H groups in total.